The number of rotatable bonds is 14. The van der Waals surface area contributed by atoms with E-state index in [0.29, 0.717) is 0 Å². The smallest absolute Gasteiger partial charge is 0.240 e. The molecular formula is C25H38N4O2S. The van der Waals surface area contributed by atoms with Gasteiger partial charge in [-0.15, -0.1) is 0 Å². The Morgan fingerprint density at radius 1 is 0.875 bits per heavy atom. The normalized spacial score (nSPS) is 12.1. The van der Waals surface area contributed by atoms with Gasteiger partial charge in [0.05, 0.1) is 5.69 Å². The fourth-order valence-corrected chi connectivity index (χ4v) is 4.40. The molecule has 0 aliphatic heterocycles. The van der Waals surface area contributed by atoms with Crippen LogP contribution in [0.15, 0.2) is 58.4 Å². The molecule has 0 saturated heterocycles. The molecule has 0 radical (unpaired) electrons. The van der Waals surface area contributed by atoms with Gasteiger partial charge in [-0.1, -0.05) is 89.0 Å². The zero-order chi connectivity index (χ0) is 23.2. The Hall–Kier alpha value is -2.38. The van der Waals surface area contributed by atoms with Crippen molar-refractivity contribution < 1.29 is 8.42 Å². The number of guanidine groups is 1. The molecule has 2 aromatic rings. The van der Waals surface area contributed by atoms with E-state index < -0.39 is 10.0 Å². The number of aliphatic imine (C=N–C) groups is 1. The van der Waals surface area contributed by atoms with Crippen LogP contribution in [0.3, 0.4) is 0 Å². The van der Waals surface area contributed by atoms with Gasteiger partial charge in [0.1, 0.15) is 4.90 Å². The molecule has 0 aliphatic carbocycles. The quantitative estimate of drug-likeness (QED) is 0.187. The molecular weight excluding hydrogens is 420 g/mol. The van der Waals surface area contributed by atoms with E-state index in [-0.39, 0.29) is 16.5 Å². The van der Waals surface area contributed by atoms with E-state index in [0.717, 1.165) is 30.5 Å². The molecule has 0 spiro atoms. The van der Waals surface area contributed by atoms with Gasteiger partial charge in [0.25, 0.3) is 0 Å². The summed E-state index contributed by atoms with van der Waals surface area (Å²) >= 11 is 0. The molecule has 0 bridgehead atoms. The number of nitrogens with one attached hydrogen (secondary N) is 1. The van der Waals surface area contributed by atoms with Gasteiger partial charge >= 0.3 is 0 Å². The minimum atomic E-state index is -3.92. The Balaban J connectivity index is 1.88. The predicted molar refractivity (Wildman–Crippen MR) is 135 cm³/mol. The van der Waals surface area contributed by atoms with Gasteiger partial charge < -0.3 is 11.1 Å². The van der Waals surface area contributed by atoms with Crippen LogP contribution < -0.4 is 16.2 Å². The highest BCUT2D eigenvalue weighted by Crippen LogP contribution is 2.26. The van der Waals surface area contributed by atoms with Crippen LogP contribution in [-0.4, -0.2) is 14.4 Å². The molecule has 0 saturated carbocycles. The van der Waals surface area contributed by atoms with E-state index in [1.807, 2.05) is 36.4 Å². The fourth-order valence-electron chi connectivity index (χ4n) is 3.68. The Morgan fingerprint density at radius 3 is 2.06 bits per heavy atom. The summed E-state index contributed by atoms with van der Waals surface area (Å²) in [6.07, 6.45) is 13.5. The first-order valence-corrected chi connectivity index (χ1v) is 13.3. The number of aryl methyl sites for hydroxylation is 1. The average Bonchev–Trinajstić information content (AvgIpc) is 2.76. The van der Waals surface area contributed by atoms with Crippen LogP contribution in [0.2, 0.25) is 0 Å². The molecule has 5 N–H and O–H groups in total. The van der Waals surface area contributed by atoms with Crippen molar-refractivity contribution in [2.24, 2.45) is 15.9 Å². The van der Waals surface area contributed by atoms with Gasteiger partial charge in [0, 0.05) is 5.69 Å². The molecule has 6 nitrogen and oxygen atoms in total. The van der Waals surface area contributed by atoms with Crippen LogP contribution in [-0.2, 0) is 16.4 Å². The zero-order valence-corrected chi connectivity index (χ0v) is 20.0. The Labute approximate surface area is 193 Å². The lowest BCUT2D eigenvalue weighted by molar-refractivity contribution is 0.556. The van der Waals surface area contributed by atoms with Gasteiger partial charge in [0.15, 0.2) is 5.96 Å². The summed E-state index contributed by atoms with van der Waals surface area (Å²) in [6.45, 7) is 2.24. The first-order chi connectivity index (χ1) is 15.4. The van der Waals surface area contributed by atoms with Crippen LogP contribution in [0.5, 0.6) is 0 Å². The SMILES string of the molecule is CCCCCCCCCCCCc1ccc(N=C(N)Nc2ccccc2)c(S(N)(=O)=O)c1. The summed E-state index contributed by atoms with van der Waals surface area (Å²) in [7, 11) is -3.92. The van der Waals surface area contributed by atoms with Crippen LogP contribution in [0, 0.1) is 0 Å². The van der Waals surface area contributed by atoms with Gasteiger partial charge in [-0.05, 0) is 42.7 Å². The van der Waals surface area contributed by atoms with E-state index in [2.05, 4.69) is 17.2 Å². The summed E-state index contributed by atoms with van der Waals surface area (Å²) in [4.78, 5) is 4.24. The number of hydrogen-bond donors (Lipinski definition) is 3. The molecule has 0 unspecified atom stereocenters. The number of benzene rings is 2. The van der Waals surface area contributed by atoms with Crippen LogP contribution in [0.4, 0.5) is 11.4 Å². The number of para-hydroxylation sites is 1. The van der Waals surface area contributed by atoms with Gasteiger partial charge in [0.2, 0.25) is 10.0 Å². The summed E-state index contributed by atoms with van der Waals surface area (Å²) in [5, 5.41) is 8.40. The monoisotopic (exact) mass is 458 g/mol. The fraction of sp³-hybridized carbons (Fsp3) is 0.480. The van der Waals surface area contributed by atoms with Crippen molar-refractivity contribution >= 4 is 27.4 Å². The standard InChI is InChI=1S/C25H38N4O2S/c1-2-3-4-5-6-7-8-9-10-12-15-21-18-19-23(24(20-21)32(27,30)31)29-25(26)28-22-16-13-11-14-17-22/h11,13-14,16-20H,2-10,12,15H2,1H3,(H3,26,28,29)(H2,27,30,31). The third kappa shape index (κ3) is 9.83. The van der Waals surface area contributed by atoms with Gasteiger partial charge in [-0.2, -0.15) is 0 Å². The van der Waals surface area contributed by atoms with Gasteiger partial charge in [-0.25, -0.2) is 18.5 Å². The van der Waals surface area contributed by atoms with Crippen LogP contribution in [0.25, 0.3) is 0 Å². The minimum Gasteiger partial charge on any atom is -0.369 e. The zero-order valence-electron chi connectivity index (χ0n) is 19.2. The third-order valence-electron chi connectivity index (χ3n) is 5.44. The lowest BCUT2D eigenvalue weighted by Crippen LogP contribution is -2.22. The molecule has 0 atom stereocenters. The first-order valence-electron chi connectivity index (χ1n) is 11.7. The van der Waals surface area contributed by atoms with Crippen molar-refractivity contribution in [1.29, 1.82) is 0 Å². The first kappa shape index (κ1) is 25.9. The van der Waals surface area contributed by atoms with Crippen LogP contribution in [0.1, 0.15) is 76.7 Å². The second-order valence-corrected chi connectivity index (χ2v) is 9.80. The number of nitrogens with zero attached hydrogens (tertiary/aromatic N) is 1. The van der Waals surface area contributed by atoms with E-state index in [9.17, 15) is 8.42 Å². The molecule has 2 aromatic carbocycles. The number of nitrogens with two attached hydrogens (primary N) is 2. The third-order valence-corrected chi connectivity index (χ3v) is 6.38. The Bertz CT molecular complexity index is 944. The molecule has 0 aromatic heterocycles. The molecule has 0 heterocycles. The number of sulfonamides is 1. The Kier molecular flexibility index (Phi) is 11.2. The van der Waals surface area contributed by atoms with Crippen molar-refractivity contribution in [3.63, 3.8) is 0 Å². The second kappa shape index (κ2) is 13.9. The predicted octanol–water partition coefficient (Wildman–Crippen LogP) is 5.86. The van der Waals surface area contributed by atoms with E-state index in [1.165, 1.54) is 51.4 Å². The lowest BCUT2D eigenvalue weighted by Gasteiger charge is -2.10. The molecule has 0 amide bonds. The average molecular weight is 459 g/mol. The highest BCUT2D eigenvalue weighted by atomic mass is 32.2. The highest BCUT2D eigenvalue weighted by molar-refractivity contribution is 7.89. The number of hydrogen-bond acceptors (Lipinski definition) is 3. The maximum atomic E-state index is 12.1. The summed E-state index contributed by atoms with van der Waals surface area (Å²) in [5.74, 6) is 0.101. The van der Waals surface area contributed by atoms with E-state index >= 15 is 0 Å². The summed E-state index contributed by atoms with van der Waals surface area (Å²) in [6, 6.07) is 14.5. The molecule has 176 valence electrons. The maximum Gasteiger partial charge on any atom is 0.240 e. The van der Waals surface area contributed by atoms with Gasteiger partial charge in [-0.3, -0.25) is 0 Å². The van der Waals surface area contributed by atoms with Crippen LogP contribution >= 0.6 is 0 Å². The van der Waals surface area contributed by atoms with E-state index in [4.69, 9.17) is 10.9 Å². The summed E-state index contributed by atoms with van der Waals surface area (Å²) in [5.41, 5.74) is 7.91. The number of anilines is 1. The van der Waals surface area contributed by atoms with E-state index in [1.54, 1.807) is 12.1 Å². The highest BCUT2D eigenvalue weighted by Gasteiger charge is 2.15. The molecule has 0 fully saturated rings. The minimum absolute atomic E-state index is 0.000101. The second-order valence-electron chi connectivity index (χ2n) is 8.27. The number of primary sulfonamides is 1. The molecule has 32 heavy (non-hydrogen) atoms. The van der Waals surface area contributed by atoms with Crippen molar-refractivity contribution in [2.45, 2.75) is 82.4 Å². The number of unbranched alkanes of at least 4 members (excludes halogenated alkanes) is 9. The Morgan fingerprint density at radius 2 is 1.47 bits per heavy atom. The lowest BCUT2D eigenvalue weighted by atomic mass is 10.0. The maximum absolute atomic E-state index is 12.1. The molecule has 0 aliphatic rings. The van der Waals surface area contributed by atoms with Crippen molar-refractivity contribution in [1.82, 2.24) is 0 Å². The largest absolute Gasteiger partial charge is 0.369 e. The van der Waals surface area contributed by atoms with Crippen molar-refractivity contribution in [3.8, 4) is 0 Å². The molecule has 2 rings (SSSR count). The van der Waals surface area contributed by atoms with Crippen molar-refractivity contribution in [3.05, 3.63) is 54.1 Å². The molecule has 7 heteroatoms. The topological polar surface area (TPSA) is 111 Å². The summed E-state index contributed by atoms with van der Waals surface area (Å²) < 4.78 is 24.3. The van der Waals surface area contributed by atoms with Crippen molar-refractivity contribution in [2.75, 3.05) is 5.32 Å².